The number of nitrogen functional groups attached to an aromatic ring is 1. The van der Waals surface area contributed by atoms with E-state index < -0.39 is 0 Å². The molecule has 0 radical (unpaired) electrons. The number of hydrogen-bond acceptors (Lipinski definition) is 4. The van der Waals surface area contributed by atoms with Gasteiger partial charge in [0.25, 0.3) is 0 Å². The van der Waals surface area contributed by atoms with E-state index in [4.69, 9.17) is 5.73 Å². The van der Waals surface area contributed by atoms with Crippen LogP contribution in [-0.4, -0.2) is 29.5 Å². The first-order valence-corrected chi connectivity index (χ1v) is 8.09. The minimum atomic E-state index is 0.751. The average Bonchev–Trinajstić information content (AvgIpc) is 2.65. The maximum Gasteiger partial charge on any atom is 0.180 e. The van der Waals surface area contributed by atoms with Crippen LogP contribution in [-0.2, 0) is 12.8 Å². The highest BCUT2D eigenvalue weighted by Crippen LogP contribution is 2.27. The van der Waals surface area contributed by atoms with Crippen molar-refractivity contribution < 1.29 is 0 Å². The molecule has 0 aromatic carbocycles. The molecule has 0 spiro atoms. The molecule has 1 fully saturated rings. The van der Waals surface area contributed by atoms with Crippen LogP contribution in [0.15, 0.2) is 0 Å². The summed E-state index contributed by atoms with van der Waals surface area (Å²) < 4.78 is 0. The first-order chi connectivity index (χ1) is 8.81. The Morgan fingerprint density at radius 3 is 2.78 bits per heavy atom. The second-order valence-electron chi connectivity index (χ2n) is 5.73. The number of hydrogen-bond donors (Lipinski definition) is 1. The Balaban J connectivity index is 1.56. The Kier molecular flexibility index (Phi) is 3.85. The fourth-order valence-corrected chi connectivity index (χ4v) is 4.21. The van der Waals surface area contributed by atoms with Crippen molar-refractivity contribution >= 4 is 16.5 Å². The molecule has 1 aromatic heterocycles. The summed E-state index contributed by atoms with van der Waals surface area (Å²) in [5, 5.41) is 0.751. The molecule has 1 saturated carbocycles. The maximum absolute atomic E-state index is 5.79. The summed E-state index contributed by atoms with van der Waals surface area (Å²) >= 11 is 1.69. The summed E-state index contributed by atoms with van der Waals surface area (Å²) in [5.74, 6) is 0.952. The Morgan fingerprint density at radius 2 is 1.94 bits per heavy atom. The third-order valence-corrected chi connectivity index (χ3v) is 5.34. The molecule has 0 saturated heterocycles. The highest BCUT2D eigenvalue weighted by molar-refractivity contribution is 7.15. The number of nitrogens with two attached hydrogens (primary N) is 1. The average molecular weight is 265 g/mol. The molecule has 4 heteroatoms. The van der Waals surface area contributed by atoms with Gasteiger partial charge in [0.1, 0.15) is 0 Å². The van der Waals surface area contributed by atoms with Crippen molar-refractivity contribution in [2.75, 3.05) is 25.4 Å². The normalized spacial score (nSPS) is 22.7. The number of nitrogens with zero attached hydrogens (tertiary/aromatic N) is 2. The molecular weight excluding hydrogens is 242 g/mol. The second-order valence-corrected chi connectivity index (χ2v) is 6.84. The Labute approximate surface area is 113 Å². The molecule has 1 aromatic rings. The van der Waals surface area contributed by atoms with E-state index in [2.05, 4.69) is 9.88 Å². The van der Waals surface area contributed by atoms with Gasteiger partial charge in [-0.25, -0.2) is 4.98 Å². The van der Waals surface area contributed by atoms with Crippen LogP contribution in [0.3, 0.4) is 0 Å². The van der Waals surface area contributed by atoms with Crippen LogP contribution in [0.2, 0.25) is 0 Å². The fourth-order valence-electron chi connectivity index (χ4n) is 3.35. The fraction of sp³-hybridized carbons (Fsp3) is 0.786. The lowest BCUT2D eigenvalue weighted by molar-refractivity contribution is 0.207. The predicted octanol–water partition coefficient (Wildman–Crippen LogP) is 2.71. The van der Waals surface area contributed by atoms with Crippen molar-refractivity contribution in [3.63, 3.8) is 0 Å². The number of anilines is 1. The first kappa shape index (κ1) is 12.4. The van der Waals surface area contributed by atoms with Gasteiger partial charge in [0.15, 0.2) is 5.13 Å². The molecule has 3 rings (SSSR count). The smallest absolute Gasteiger partial charge is 0.180 e. The predicted molar refractivity (Wildman–Crippen MR) is 76.9 cm³/mol. The lowest BCUT2D eigenvalue weighted by Crippen LogP contribution is -2.32. The Hall–Kier alpha value is -0.610. The van der Waals surface area contributed by atoms with Gasteiger partial charge >= 0.3 is 0 Å². The van der Waals surface area contributed by atoms with Crippen LogP contribution < -0.4 is 5.73 Å². The summed E-state index contributed by atoms with van der Waals surface area (Å²) in [4.78, 5) is 8.54. The highest BCUT2D eigenvalue weighted by Gasteiger charge is 2.21. The van der Waals surface area contributed by atoms with E-state index in [1.165, 1.54) is 62.3 Å². The highest BCUT2D eigenvalue weighted by atomic mass is 32.1. The first-order valence-electron chi connectivity index (χ1n) is 7.27. The van der Waals surface area contributed by atoms with Crippen molar-refractivity contribution in [3.8, 4) is 0 Å². The van der Waals surface area contributed by atoms with Gasteiger partial charge in [-0.05, 0) is 25.2 Å². The summed E-state index contributed by atoms with van der Waals surface area (Å²) in [5.41, 5.74) is 7.05. The van der Waals surface area contributed by atoms with Gasteiger partial charge in [0.05, 0.1) is 5.69 Å². The van der Waals surface area contributed by atoms with Crippen molar-refractivity contribution in [1.29, 1.82) is 0 Å². The largest absolute Gasteiger partial charge is 0.375 e. The zero-order valence-electron chi connectivity index (χ0n) is 11.0. The minimum absolute atomic E-state index is 0.751. The third kappa shape index (κ3) is 2.86. The van der Waals surface area contributed by atoms with Gasteiger partial charge in [-0.2, -0.15) is 0 Å². The lowest BCUT2D eigenvalue weighted by atomic mass is 9.89. The number of aromatic nitrogens is 1. The molecule has 2 heterocycles. The van der Waals surface area contributed by atoms with E-state index in [0.717, 1.165) is 23.9 Å². The Bertz CT molecular complexity index is 370. The van der Waals surface area contributed by atoms with Crippen molar-refractivity contribution in [3.05, 3.63) is 10.6 Å². The van der Waals surface area contributed by atoms with Crippen LogP contribution in [0.1, 0.15) is 42.7 Å². The molecule has 2 N–H and O–H groups in total. The lowest BCUT2D eigenvalue weighted by Gasteiger charge is -2.28. The Morgan fingerprint density at radius 1 is 1.17 bits per heavy atom. The topological polar surface area (TPSA) is 42.1 Å². The molecule has 0 unspecified atom stereocenters. The van der Waals surface area contributed by atoms with E-state index in [0.29, 0.717) is 0 Å². The molecule has 0 atom stereocenters. The van der Waals surface area contributed by atoms with Gasteiger partial charge in [-0.1, -0.05) is 19.3 Å². The monoisotopic (exact) mass is 265 g/mol. The summed E-state index contributed by atoms with van der Waals surface area (Å²) in [6, 6.07) is 0. The van der Waals surface area contributed by atoms with Gasteiger partial charge in [-0.3, -0.25) is 0 Å². The van der Waals surface area contributed by atoms with Gasteiger partial charge < -0.3 is 10.6 Å². The zero-order chi connectivity index (χ0) is 12.4. The number of thiazole rings is 1. The summed E-state index contributed by atoms with van der Waals surface area (Å²) in [6.45, 7) is 3.68. The molecule has 2 aliphatic rings. The molecule has 100 valence electrons. The maximum atomic E-state index is 5.79. The van der Waals surface area contributed by atoms with Crippen molar-refractivity contribution in [2.24, 2.45) is 5.92 Å². The molecule has 18 heavy (non-hydrogen) atoms. The van der Waals surface area contributed by atoms with Gasteiger partial charge in [-0.15, -0.1) is 11.3 Å². The summed E-state index contributed by atoms with van der Waals surface area (Å²) in [6.07, 6.45) is 9.49. The van der Waals surface area contributed by atoms with Crippen LogP contribution in [0.4, 0.5) is 5.13 Å². The standard InChI is InChI=1S/C14H23N3S/c15-14-16-12-6-8-17(9-7-13(12)18-14)10-11-4-2-1-3-5-11/h11H,1-10H2,(H2,15,16). The van der Waals surface area contributed by atoms with Crippen LogP contribution in [0, 0.1) is 5.92 Å². The zero-order valence-corrected chi connectivity index (χ0v) is 11.8. The van der Waals surface area contributed by atoms with E-state index >= 15 is 0 Å². The minimum Gasteiger partial charge on any atom is -0.375 e. The van der Waals surface area contributed by atoms with Crippen LogP contribution >= 0.6 is 11.3 Å². The number of rotatable bonds is 2. The van der Waals surface area contributed by atoms with E-state index in [9.17, 15) is 0 Å². The summed E-state index contributed by atoms with van der Waals surface area (Å²) in [7, 11) is 0. The van der Waals surface area contributed by atoms with Crippen LogP contribution in [0.25, 0.3) is 0 Å². The third-order valence-electron chi connectivity index (χ3n) is 4.36. The quantitative estimate of drug-likeness (QED) is 0.894. The second kappa shape index (κ2) is 5.57. The van der Waals surface area contributed by atoms with E-state index in [1.807, 2.05) is 0 Å². The van der Waals surface area contributed by atoms with Gasteiger partial charge in [0, 0.05) is 30.9 Å². The van der Waals surface area contributed by atoms with E-state index in [1.54, 1.807) is 11.3 Å². The van der Waals surface area contributed by atoms with Crippen molar-refractivity contribution in [1.82, 2.24) is 9.88 Å². The molecule has 0 amide bonds. The molecule has 0 bridgehead atoms. The van der Waals surface area contributed by atoms with E-state index in [-0.39, 0.29) is 0 Å². The molecular formula is C14H23N3S. The SMILES string of the molecule is Nc1nc2c(s1)CCN(CC1CCCCC1)CC2. The molecule has 1 aliphatic carbocycles. The number of fused-ring (bicyclic) bond motifs is 1. The van der Waals surface area contributed by atoms with Crippen LogP contribution in [0.5, 0.6) is 0 Å². The van der Waals surface area contributed by atoms with Gasteiger partial charge in [0.2, 0.25) is 0 Å². The molecule has 3 nitrogen and oxygen atoms in total. The molecule has 1 aliphatic heterocycles. The van der Waals surface area contributed by atoms with Crippen molar-refractivity contribution in [2.45, 2.75) is 44.9 Å².